The summed E-state index contributed by atoms with van der Waals surface area (Å²) in [4.78, 5) is 24.2. The van der Waals surface area contributed by atoms with E-state index in [1.54, 1.807) is 13.0 Å². The van der Waals surface area contributed by atoms with Crippen LogP contribution in [0.2, 0.25) is 5.28 Å². The van der Waals surface area contributed by atoms with Gasteiger partial charge in [-0.2, -0.15) is 0 Å². The van der Waals surface area contributed by atoms with Crippen molar-refractivity contribution in [1.29, 1.82) is 0 Å². The highest BCUT2D eigenvalue weighted by Crippen LogP contribution is 2.40. The molecule has 0 aromatic carbocycles. The van der Waals surface area contributed by atoms with Crippen LogP contribution in [0.3, 0.4) is 0 Å². The minimum Gasteiger partial charge on any atom is -0.296 e. The first-order valence-electron chi connectivity index (χ1n) is 5.90. The Balaban J connectivity index is 1.75. The minimum atomic E-state index is -0.316. The fourth-order valence-corrected chi connectivity index (χ4v) is 2.73. The monoisotopic (exact) mass is 294 g/mol. The number of nitrogens with zero attached hydrogens (tertiary/aromatic N) is 3. The van der Waals surface area contributed by atoms with Gasteiger partial charge in [0.25, 0.3) is 5.91 Å². The van der Waals surface area contributed by atoms with Crippen LogP contribution in [0.1, 0.15) is 40.6 Å². The smallest absolute Gasteiger partial charge is 0.276 e. The summed E-state index contributed by atoms with van der Waals surface area (Å²) >= 11 is 7.17. The number of nitrogens with one attached hydrogen (secondary N) is 1. The van der Waals surface area contributed by atoms with E-state index in [0.717, 1.165) is 5.69 Å². The van der Waals surface area contributed by atoms with Gasteiger partial charge in [-0.15, -0.1) is 11.3 Å². The lowest BCUT2D eigenvalue weighted by molar-refractivity contribution is 0.102. The zero-order valence-corrected chi connectivity index (χ0v) is 11.8. The van der Waals surface area contributed by atoms with Gasteiger partial charge in [-0.25, -0.2) is 15.0 Å². The molecule has 5 nitrogen and oxygen atoms in total. The van der Waals surface area contributed by atoms with Crippen molar-refractivity contribution in [2.45, 2.75) is 25.7 Å². The van der Waals surface area contributed by atoms with Crippen LogP contribution >= 0.6 is 22.9 Å². The van der Waals surface area contributed by atoms with E-state index in [4.69, 9.17) is 11.6 Å². The molecule has 0 atom stereocenters. The molecule has 1 saturated carbocycles. The van der Waals surface area contributed by atoms with Gasteiger partial charge in [-0.3, -0.25) is 10.1 Å². The van der Waals surface area contributed by atoms with E-state index < -0.39 is 0 Å². The van der Waals surface area contributed by atoms with Crippen LogP contribution in [-0.2, 0) is 0 Å². The van der Waals surface area contributed by atoms with Crippen LogP contribution in [-0.4, -0.2) is 20.9 Å². The fraction of sp³-hybridized carbons (Fsp3) is 0.333. The molecule has 1 aliphatic carbocycles. The number of halogens is 1. The maximum absolute atomic E-state index is 12.0. The Morgan fingerprint density at radius 2 is 2.21 bits per heavy atom. The normalized spacial score (nSPS) is 14.4. The topological polar surface area (TPSA) is 67.8 Å². The van der Waals surface area contributed by atoms with E-state index in [9.17, 15) is 4.79 Å². The number of aromatic nitrogens is 3. The predicted molar refractivity (Wildman–Crippen MR) is 73.8 cm³/mol. The molecule has 98 valence electrons. The average Bonchev–Trinajstić information content (AvgIpc) is 3.09. The molecular weight excluding hydrogens is 284 g/mol. The zero-order valence-electron chi connectivity index (χ0n) is 10.2. The maximum atomic E-state index is 12.0. The number of thiazole rings is 1. The number of carbonyl (C=O) groups is 1. The third-order valence-corrected chi connectivity index (χ3v) is 3.74. The van der Waals surface area contributed by atoms with Gasteiger partial charge in [0.1, 0.15) is 5.69 Å². The summed E-state index contributed by atoms with van der Waals surface area (Å²) in [5.74, 6) is 0.265. The molecule has 19 heavy (non-hydrogen) atoms. The molecule has 2 aromatic heterocycles. The number of rotatable bonds is 3. The summed E-state index contributed by atoms with van der Waals surface area (Å²) in [5, 5.41) is 5.40. The van der Waals surface area contributed by atoms with Gasteiger partial charge in [0, 0.05) is 17.0 Å². The van der Waals surface area contributed by atoms with Crippen LogP contribution in [0.15, 0.2) is 11.4 Å². The molecule has 0 radical (unpaired) electrons. The molecule has 0 aliphatic heterocycles. The summed E-state index contributed by atoms with van der Waals surface area (Å²) in [5.41, 5.74) is 1.97. The Hall–Kier alpha value is -1.53. The number of anilines is 1. The standard InChI is InChI=1S/C12H11ClN4OS/c1-6-4-8(15-11(13)14-6)10(18)17-12-16-9(5-19-12)7-2-3-7/h4-5,7H,2-3H2,1H3,(H,16,17,18). The van der Waals surface area contributed by atoms with Crippen LogP contribution in [0.4, 0.5) is 5.13 Å². The van der Waals surface area contributed by atoms with E-state index in [1.807, 2.05) is 5.38 Å². The SMILES string of the molecule is Cc1cc(C(=O)Nc2nc(C3CC3)cs2)nc(Cl)n1. The molecule has 7 heteroatoms. The van der Waals surface area contributed by atoms with Crippen LogP contribution in [0.5, 0.6) is 0 Å². The average molecular weight is 295 g/mol. The van der Waals surface area contributed by atoms with E-state index in [0.29, 0.717) is 16.7 Å². The van der Waals surface area contributed by atoms with Crippen molar-refractivity contribution in [2.75, 3.05) is 5.32 Å². The van der Waals surface area contributed by atoms with E-state index in [1.165, 1.54) is 24.2 Å². The highest BCUT2D eigenvalue weighted by molar-refractivity contribution is 7.14. The minimum absolute atomic E-state index is 0.0722. The lowest BCUT2D eigenvalue weighted by Crippen LogP contribution is -2.14. The second kappa shape index (κ2) is 4.86. The van der Waals surface area contributed by atoms with Crippen LogP contribution < -0.4 is 5.32 Å². The Kier molecular flexibility index (Phi) is 3.20. The Morgan fingerprint density at radius 1 is 1.42 bits per heavy atom. The lowest BCUT2D eigenvalue weighted by Gasteiger charge is -2.02. The second-order valence-corrected chi connectivity index (χ2v) is 5.67. The lowest BCUT2D eigenvalue weighted by atomic mass is 10.3. The fourth-order valence-electron chi connectivity index (χ4n) is 1.72. The van der Waals surface area contributed by atoms with Gasteiger partial charge in [-0.05, 0) is 37.4 Å². The summed E-state index contributed by atoms with van der Waals surface area (Å²) in [7, 11) is 0. The highest BCUT2D eigenvalue weighted by atomic mass is 35.5. The Bertz CT molecular complexity index is 618. The third-order valence-electron chi connectivity index (χ3n) is 2.80. The van der Waals surface area contributed by atoms with Crippen molar-refractivity contribution in [3.8, 4) is 0 Å². The van der Waals surface area contributed by atoms with Gasteiger partial charge >= 0.3 is 0 Å². The summed E-state index contributed by atoms with van der Waals surface area (Å²) in [6.07, 6.45) is 2.38. The van der Waals surface area contributed by atoms with E-state index in [-0.39, 0.29) is 16.9 Å². The molecule has 2 heterocycles. The van der Waals surface area contributed by atoms with Crippen molar-refractivity contribution < 1.29 is 4.79 Å². The molecular formula is C12H11ClN4OS. The van der Waals surface area contributed by atoms with Gasteiger partial charge < -0.3 is 0 Å². The number of carbonyl (C=O) groups excluding carboxylic acids is 1. The largest absolute Gasteiger partial charge is 0.296 e. The molecule has 0 bridgehead atoms. The van der Waals surface area contributed by atoms with Crippen molar-refractivity contribution in [3.05, 3.63) is 33.8 Å². The molecule has 1 fully saturated rings. The zero-order chi connectivity index (χ0) is 13.4. The van der Waals surface area contributed by atoms with Crippen molar-refractivity contribution in [3.63, 3.8) is 0 Å². The second-order valence-electron chi connectivity index (χ2n) is 4.47. The molecule has 1 amide bonds. The Labute approximate surface area is 119 Å². The number of amides is 1. The first-order chi connectivity index (χ1) is 9.11. The molecule has 2 aromatic rings. The molecule has 0 spiro atoms. The molecule has 3 rings (SSSR count). The van der Waals surface area contributed by atoms with E-state index >= 15 is 0 Å². The van der Waals surface area contributed by atoms with Gasteiger partial charge in [-0.1, -0.05) is 0 Å². The quantitative estimate of drug-likeness (QED) is 0.884. The number of aryl methyl sites for hydroxylation is 1. The first-order valence-corrected chi connectivity index (χ1v) is 7.15. The third kappa shape index (κ3) is 2.90. The Morgan fingerprint density at radius 3 is 2.89 bits per heavy atom. The van der Waals surface area contributed by atoms with Crippen molar-refractivity contribution in [1.82, 2.24) is 15.0 Å². The van der Waals surface area contributed by atoms with Gasteiger partial charge in [0.15, 0.2) is 5.13 Å². The van der Waals surface area contributed by atoms with Gasteiger partial charge in [0.05, 0.1) is 5.69 Å². The summed E-state index contributed by atoms with van der Waals surface area (Å²) < 4.78 is 0. The molecule has 0 saturated heterocycles. The van der Waals surface area contributed by atoms with Crippen LogP contribution in [0, 0.1) is 6.92 Å². The van der Waals surface area contributed by atoms with Crippen LogP contribution in [0.25, 0.3) is 0 Å². The molecule has 1 aliphatic rings. The van der Waals surface area contributed by atoms with Crippen molar-refractivity contribution >= 4 is 34.0 Å². The van der Waals surface area contributed by atoms with Crippen molar-refractivity contribution in [2.24, 2.45) is 0 Å². The summed E-state index contributed by atoms with van der Waals surface area (Å²) in [6, 6.07) is 1.59. The summed E-state index contributed by atoms with van der Waals surface area (Å²) in [6.45, 7) is 1.76. The molecule has 0 unspecified atom stereocenters. The maximum Gasteiger partial charge on any atom is 0.276 e. The number of hydrogen-bond acceptors (Lipinski definition) is 5. The first kappa shape index (κ1) is 12.5. The number of hydrogen-bond donors (Lipinski definition) is 1. The van der Waals surface area contributed by atoms with E-state index in [2.05, 4.69) is 20.3 Å². The van der Waals surface area contributed by atoms with Gasteiger partial charge in [0.2, 0.25) is 5.28 Å². The predicted octanol–water partition coefficient (Wildman–Crippen LogP) is 3.02. The highest BCUT2D eigenvalue weighted by Gasteiger charge is 2.26. The molecule has 1 N–H and O–H groups in total.